The molecule has 4 aliphatic heterocycles. The van der Waals surface area contributed by atoms with E-state index in [-0.39, 0.29) is 5.54 Å². The van der Waals surface area contributed by atoms with Crippen LogP contribution < -0.4 is 15.0 Å². The van der Waals surface area contributed by atoms with E-state index >= 15 is 0 Å². The number of benzene rings is 2. The van der Waals surface area contributed by atoms with E-state index in [1.807, 2.05) is 0 Å². The molecule has 7 heteroatoms. The van der Waals surface area contributed by atoms with Crippen LogP contribution in [0.3, 0.4) is 0 Å². The third-order valence-electron chi connectivity index (χ3n) is 9.94. The van der Waals surface area contributed by atoms with Gasteiger partial charge in [0, 0.05) is 53.2 Å². The Morgan fingerprint density at radius 3 is 2.64 bits per heavy atom. The molecule has 0 saturated carbocycles. The van der Waals surface area contributed by atoms with Gasteiger partial charge >= 0.3 is 6.01 Å². The second kappa shape index (κ2) is 9.20. The topological polar surface area (TPSA) is 69.3 Å². The van der Waals surface area contributed by atoms with Crippen LogP contribution in [0.4, 0.5) is 5.82 Å². The molecule has 2 N–H and O–H groups in total. The van der Waals surface area contributed by atoms with E-state index in [1.54, 1.807) is 0 Å². The van der Waals surface area contributed by atoms with Gasteiger partial charge in [0.2, 0.25) is 0 Å². The summed E-state index contributed by atoms with van der Waals surface area (Å²) in [7, 11) is 0. The SMILES string of the molecule is CCc1cccc2[nH]cc(-c3ccc4c(N5CC6CCC(C5)N6)nc(OCC56CCCN5CCC6)nc4c3)c12. The van der Waals surface area contributed by atoms with Crippen molar-refractivity contribution in [2.24, 2.45) is 0 Å². The van der Waals surface area contributed by atoms with Crippen LogP contribution in [0.25, 0.3) is 32.9 Å². The van der Waals surface area contributed by atoms with Crippen molar-refractivity contribution in [1.29, 1.82) is 0 Å². The first-order valence-electron chi connectivity index (χ1n) is 15.0. The molecule has 8 rings (SSSR count). The molecular weight excluding hydrogens is 484 g/mol. The fourth-order valence-electron chi connectivity index (χ4n) is 7.98. The normalized spacial score (nSPS) is 24.2. The summed E-state index contributed by atoms with van der Waals surface area (Å²) in [6.07, 6.45) is 10.6. The first-order chi connectivity index (χ1) is 19.2. The fourth-order valence-corrected chi connectivity index (χ4v) is 7.98. The monoisotopic (exact) mass is 522 g/mol. The molecule has 0 spiro atoms. The number of fused-ring (bicyclic) bond motifs is 5. The maximum Gasteiger partial charge on any atom is 0.319 e. The molecular formula is C32H38N6O. The van der Waals surface area contributed by atoms with E-state index in [4.69, 9.17) is 14.7 Å². The lowest BCUT2D eigenvalue weighted by molar-refractivity contribution is 0.108. The Labute approximate surface area is 229 Å². The number of aryl methyl sites for hydroxylation is 1. The van der Waals surface area contributed by atoms with Gasteiger partial charge in [0.25, 0.3) is 0 Å². The second-order valence-electron chi connectivity index (χ2n) is 12.2. The zero-order valence-corrected chi connectivity index (χ0v) is 22.9. The number of hydrogen-bond donors (Lipinski definition) is 2. The molecule has 2 bridgehead atoms. The smallest absolute Gasteiger partial charge is 0.319 e. The Morgan fingerprint density at radius 2 is 1.85 bits per heavy atom. The summed E-state index contributed by atoms with van der Waals surface area (Å²) in [6, 6.07) is 14.9. The van der Waals surface area contributed by atoms with Gasteiger partial charge in [-0.1, -0.05) is 25.1 Å². The Bertz CT molecular complexity index is 1520. The molecule has 4 aromatic rings. The van der Waals surface area contributed by atoms with Gasteiger partial charge in [-0.05, 0) is 87.4 Å². The van der Waals surface area contributed by atoms with Crippen LogP contribution in [0.2, 0.25) is 0 Å². The molecule has 2 atom stereocenters. The van der Waals surface area contributed by atoms with Crippen LogP contribution in [0, 0.1) is 0 Å². The molecule has 0 radical (unpaired) electrons. The number of nitrogens with one attached hydrogen (secondary N) is 2. The lowest BCUT2D eigenvalue weighted by Crippen LogP contribution is -2.51. The molecule has 2 unspecified atom stereocenters. The van der Waals surface area contributed by atoms with Crippen molar-refractivity contribution in [2.45, 2.75) is 69.5 Å². The molecule has 39 heavy (non-hydrogen) atoms. The van der Waals surface area contributed by atoms with E-state index in [0.29, 0.717) is 24.7 Å². The number of H-pyrrole nitrogens is 1. The Kier molecular flexibility index (Phi) is 5.59. The second-order valence-corrected chi connectivity index (χ2v) is 12.2. The molecule has 7 nitrogen and oxygen atoms in total. The Morgan fingerprint density at radius 1 is 1.03 bits per heavy atom. The average Bonchev–Trinajstić information content (AvgIpc) is 3.74. The molecule has 6 heterocycles. The van der Waals surface area contributed by atoms with E-state index in [9.17, 15) is 0 Å². The molecule has 4 fully saturated rings. The summed E-state index contributed by atoms with van der Waals surface area (Å²) in [5.41, 5.74) is 6.11. The highest BCUT2D eigenvalue weighted by atomic mass is 16.5. The number of hydrogen-bond acceptors (Lipinski definition) is 6. The standard InChI is InChI=1S/C32H38N6O/c1-2-21-6-3-7-27-29(21)26(17-33-27)22-8-11-25-28(16-22)35-31(39-20-32-12-4-14-38(32)15-5-13-32)36-30(25)37-18-23-9-10-24(19-37)34-23/h3,6-8,11,16-17,23-24,33-34H,2,4-5,9-10,12-15,18-20H2,1H3. The zero-order valence-electron chi connectivity index (χ0n) is 22.9. The molecule has 0 aliphatic carbocycles. The van der Waals surface area contributed by atoms with E-state index in [0.717, 1.165) is 36.2 Å². The lowest BCUT2D eigenvalue weighted by atomic mass is 9.95. The highest BCUT2D eigenvalue weighted by molar-refractivity contribution is 6.01. The first kappa shape index (κ1) is 23.7. The summed E-state index contributed by atoms with van der Waals surface area (Å²) < 4.78 is 6.53. The Hall–Kier alpha value is -3.16. The highest BCUT2D eigenvalue weighted by Gasteiger charge is 2.45. The molecule has 2 aromatic carbocycles. The van der Waals surface area contributed by atoms with Crippen LogP contribution in [-0.2, 0) is 6.42 Å². The molecule has 4 aliphatic rings. The third kappa shape index (κ3) is 3.93. The number of piperazine rings is 1. The summed E-state index contributed by atoms with van der Waals surface area (Å²) in [6.45, 7) is 7.29. The quantitative estimate of drug-likeness (QED) is 0.359. The van der Waals surface area contributed by atoms with Gasteiger partial charge in [0.15, 0.2) is 0 Å². The summed E-state index contributed by atoms with van der Waals surface area (Å²) in [4.78, 5) is 18.8. The van der Waals surface area contributed by atoms with Gasteiger partial charge in [-0.15, -0.1) is 0 Å². The average molecular weight is 523 g/mol. The molecule has 4 saturated heterocycles. The number of aromatic amines is 1. The van der Waals surface area contributed by atoms with Crippen LogP contribution in [0.1, 0.15) is 51.0 Å². The fraction of sp³-hybridized carbons (Fsp3) is 0.500. The van der Waals surface area contributed by atoms with Crippen molar-refractivity contribution in [2.75, 3.05) is 37.7 Å². The lowest BCUT2D eigenvalue weighted by Gasteiger charge is -2.34. The molecule has 2 aromatic heterocycles. The van der Waals surface area contributed by atoms with Gasteiger partial charge < -0.3 is 19.9 Å². The predicted octanol–water partition coefficient (Wildman–Crippen LogP) is 5.29. The van der Waals surface area contributed by atoms with E-state index < -0.39 is 0 Å². The Balaban J connectivity index is 1.21. The van der Waals surface area contributed by atoms with Crippen molar-refractivity contribution in [3.05, 3.63) is 48.2 Å². The van der Waals surface area contributed by atoms with E-state index in [1.165, 1.54) is 79.2 Å². The van der Waals surface area contributed by atoms with Crippen molar-refractivity contribution in [1.82, 2.24) is 25.2 Å². The summed E-state index contributed by atoms with van der Waals surface area (Å²) in [5.74, 6) is 1.03. The van der Waals surface area contributed by atoms with Crippen LogP contribution >= 0.6 is 0 Å². The van der Waals surface area contributed by atoms with Gasteiger partial charge in [-0.3, -0.25) is 4.90 Å². The highest BCUT2D eigenvalue weighted by Crippen LogP contribution is 2.40. The van der Waals surface area contributed by atoms with Crippen molar-refractivity contribution in [3.63, 3.8) is 0 Å². The van der Waals surface area contributed by atoms with Crippen molar-refractivity contribution in [3.8, 4) is 17.1 Å². The third-order valence-corrected chi connectivity index (χ3v) is 9.94. The van der Waals surface area contributed by atoms with Gasteiger partial charge in [-0.25, -0.2) is 0 Å². The molecule has 0 amide bonds. The maximum atomic E-state index is 6.53. The molecule has 202 valence electrons. The van der Waals surface area contributed by atoms with Crippen molar-refractivity contribution >= 4 is 27.6 Å². The van der Waals surface area contributed by atoms with E-state index in [2.05, 4.69) is 69.6 Å². The number of ether oxygens (including phenoxy) is 1. The zero-order chi connectivity index (χ0) is 26.0. The minimum atomic E-state index is 0.176. The maximum absolute atomic E-state index is 6.53. The van der Waals surface area contributed by atoms with Gasteiger partial charge in [0.05, 0.1) is 11.1 Å². The van der Waals surface area contributed by atoms with Gasteiger partial charge in [-0.2, -0.15) is 9.97 Å². The van der Waals surface area contributed by atoms with Crippen LogP contribution in [-0.4, -0.2) is 70.3 Å². The number of anilines is 1. The van der Waals surface area contributed by atoms with Crippen LogP contribution in [0.15, 0.2) is 42.6 Å². The summed E-state index contributed by atoms with van der Waals surface area (Å²) >= 11 is 0. The minimum absolute atomic E-state index is 0.176. The first-order valence-corrected chi connectivity index (χ1v) is 15.0. The van der Waals surface area contributed by atoms with Gasteiger partial charge in [0.1, 0.15) is 12.4 Å². The minimum Gasteiger partial charge on any atom is -0.461 e. The summed E-state index contributed by atoms with van der Waals surface area (Å²) in [5, 5.41) is 6.20. The largest absolute Gasteiger partial charge is 0.461 e. The van der Waals surface area contributed by atoms with Crippen molar-refractivity contribution < 1.29 is 4.74 Å². The number of rotatable bonds is 6. The number of nitrogens with zero attached hydrogens (tertiary/aromatic N) is 4. The number of aromatic nitrogens is 3. The van der Waals surface area contributed by atoms with Crippen LogP contribution in [0.5, 0.6) is 6.01 Å². The predicted molar refractivity (Wildman–Crippen MR) is 157 cm³/mol.